The third-order valence-corrected chi connectivity index (χ3v) is 3.21. The highest BCUT2D eigenvalue weighted by atomic mass is 35.5. The first-order valence-electron chi connectivity index (χ1n) is 5.27. The van der Waals surface area contributed by atoms with Crippen LogP contribution < -0.4 is 0 Å². The van der Waals surface area contributed by atoms with E-state index in [-0.39, 0.29) is 10.7 Å². The van der Waals surface area contributed by atoms with Gasteiger partial charge in [0.2, 0.25) is 0 Å². The van der Waals surface area contributed by atoms with Crippen molar-refractivity contribution < 1.29 is 14.3 Å². The second-order valence-corrected chi connectivity index (χ2v) is 4.59. The average molecular weight is 300 g/mol. The number of benzene rings is 1. The van der Waals surface area contributed by atoms with Gasteiger partial charge in [0, 0.05) is 5.56 Å². The molecule has 3 nitrogen and oxygen atoms in total. The van der Waals surface area contributed by atoms with E-state index in [1.807, 2.05) is 0 Å². The Bertz CT molecular complexity index is 674. The van der Waals surface area contributed by atoms with Crippen LogP contribution in [0.25, 0.3) is 11.1 Å². The van der Waals surface area contributed by atoms with E-state index in [0.717, 1.165) is 0 Å². The summed E-state index contributed by atoms with van der Waals surface area (Å²) in [7, 11) is 0. The Labute approximate surface area is 118 Å². The third kappa shape index (κ3) is 2.41. The van der Waals surface area contributed by atoms with E-state index < -0.39 is 22.5 Å². The molecule has 0 unspecified atom stereocenters. The standard InChI is InChI=1S/C13H8Cl2FNO2/c1-6-4-2-3-5-7(6)8-9(13(18)19)11(14)17-12(15)10(8)16/h2-5H,1H3,(H,18,19). The summed E-state index contributed by atoms with van der Waals surface area (Å²) in [6, 6.07) is 6.78. The highest BCUT2D eigenvalue weighted by molar-refractivity contribution is 6.35. The predicted molar refractivity (Wildman–Crippen MR) is 71.3 cm³/mol. The topological polar surface area (TPSA) is 50.2 Å². The van der Waals surface area contributed by atoms with Gasteiger partial charge < -0.3 is 5.11 Å². The molecule has 0 fully saturated rings. The van der Waals surface area contributed by atoms with Gasteiger partial charge in [-0.2, -0.15) is 0 Å². The molecule has 1 aromatic carbocycles. The number of hydrogen-bond acceptors (Lipinski definition) is 2. The summed E-state index contributed by atoms with van der Waals surface area (Å²) >= 11 is 11.4. The van der Waals surface area contributed by atoms with E-state index in [2.05, 4.69) is 4.98 Å². The number of rotatable bonds is 2. The summed E-state index contributed by atoms with van der Waals surface area (Å²) in [5.41, 5.74) is 0.597. The number of hydrogen-bond donors (Lipinski definition) is 1. The van der Waals surface area contributed by atoms with Gasteiger partial charge in [0.05, 0.1) is 0 Å². The van der Waals surface area contributed by atoms with E-state index in [1.54, 1.807) is 31.2 Å². The molecule has 98 valence electrons. The summed E-state index contributed by atoms with van der Waals surface area (Å²) in [6.45, 7) is 1.74. The Hall–Kier alpha value is -1.65. The molecule has 0 aliphatic carbocycles. The largest absolute Gasteiger partial charge is 0.478 e. The number of carbonyl (C=O) groups is 1. The molecule has 1 N–H and O–H groups in total. The SMILES string of the molecule is Cc1ccccc1-c1c(F)c(Cl)nc(Cl)c1C(=O)O. The summed E-state index contributed by atoms with van der Waals surface area (Å²) in [4.78, 5) is 14.7. The van der Waals surface area contributed by atoms with Crippen molar-refractivity contribution in [3.05, 3.63) is 51.5 Å². The van der Waals surface area contributed by atoms with Crippen LogP contribution in [0.1, 0.15) is 15.9 Å². The van der Waals surface area contributed by atoms with Gasteiger partial charge >= 0.3 is 5.97 Å². The molecule has 0 aliphatic heterocycles. The van der Waals surface area contributed by atoms with Gasteiger partial charge in [-0.05, 0) is 18.1 Å². The quantitative estimate of drug-likeness (QED) is 0.846. The third-order valence-electron chi connectivity index (χ3n) is 2.68. The molecule has 19 heavy (non-hydrogen) atoms. The maximum Gasteiger partial charge on any atom is 0.339 e. The second-order valence-electron chi connectivity index (χ2n) is 3.88. The van der Waals surface area contributed by atoms with Gasteiger partial charge in [-0.3, -0.25) is 0 Å². The molecule has 0 bridgehead atoms. The van der Waals surface area contributed by atoms with Gasteiger partial charge in [0.1, 0.15) is 10.7 Å². The van der Waals surface area contributed by atoms with Crippen molar-refractivity contribution in [1.82, 2.24) is 4.98 Å². The van der Waals surface area contributed by atoms with Crippen LogP contribution in [0.5, 0.6) is 0 Å². The van der Waals surface area contributed by atoms with E-state index in [0.29, 0.717) is 11.1 Å². The van der Waals surface area contributed by atoms with Crippen molar-refractivity contribution in [2.24, 2.45) is 0 Å². The minimum atomic E-state index is -1.36. The zero-order valence-electron chi connectivity index (χ0n) is 9.75. The molecule has 0 spiro atoms. The van der Waals surface area contributed by atoms with Crippen molar-refractivity contribution in [1.29, 1.82) is 0 Å². The smallest absolute Gasteiger partial charge is 0.339 e. The van der Waals surface area contributed by atoms with E-state index in [4.69, 9.17) is 23.2 Å². The van der Waals surface area contributed by atoms with Crippen LogP contribution in [0.3, 0.4) is 0 Å². The number of halogens is 3. The van der Waals surface area contributed by atoms with Crippen LogP contribution in [-0.2, 0) is 0 Å². The Balaban J connectivity index is 2.89. The Morgan fingerprint density at radius 1 is 1.26 bits per heavy atom. The van der Waals surface area contributed by atoms with E-state index >= 15 is 0 Å². The molecule has 1 heterocycles. The number of aryl methyl sites for hydroxylation is 1. The lowest BCUT2D eigenvalue weighted by molar-refractivity contribution is 0.0697. The minimum absolute atomic E-state index is 0.143. The molecule has 2 aromatic rings. The highest BCUT2D eigenvalue weighted by Gasteiger charge is 2.24. The van der Waals surface area contributed by atoms with E-state index in [1.165, 1.54) is 0 Å². The monoisotopic (exact) mass is 299 g/mol. The molecule has 2 rings (SSSR count). The molecule has 0 amide bonds. The minimum Gasteiger partial charge on any atom is -0.478 e. The van der Waals surface area contributed by atoms with Gasteiger partial charge in [0.15, 0.2) is 11.0 Å². The second kappa shape index (κ2) is 5.15. The highest BCUT2D eigenvalue weighted by Crippen LogP contribution is 2.35. The molecule has 1 aromatic heterocycles. The molecule has 0 aliphatic rings. The first kappa shape index (κ1) is 13.8. The fraction of sp³-hybridized carbons (Fsp3) is 0.0769. The van der Waals surface area contributed by atoms with Gasteiger partial charge in [-0.1, -0.05) is 47.5 Å². The first-order chi connectivity index (χ1) is 8.93. The summed E-state index contributed by atoms with van der Waals surface area (Å²) in [6.07, 6.45) is 0. The van der Waals surface area contributed by atoms with Gasteiger partial charge in [-0.15, -0.1) is 0 Å². The van der Waals surface area contributed by atoms with Crippen molar-refractivity contribution in [2.75, 3.05) is 0 Å². The molecule has 0 saturated carbocycles. The summed E-state index contributed by atoms with van der Waals surface area (Å²) in [5, 5.41) is 8.39. The predicted octanol–water partition coefficient (Wildman–Crippen LogP) is 4.20. The lowest BCUT2D eigenvalue weighted by atomic mass is 9.97. The number of aromatic carboxylic acids is 1. The number of carboxylic acid groups (broad SMARTS) is 1. The van der Waals surface area contributed by atoms with Crippen molar-refractivity contribution >= 4 is 29.2 Å². The Kier molecular flexibility index (Phi) is 3.73. The van der Waals surface area contributed by atoms with Crippen LogP contribution in [0.4, 0.5) is 4.39 Å². The molecule has 0 atom stereocenters. The lowest BCUT2D eigenvalue weighted by Crippen LogP contribution is -2.06. The van der Waals surface area contributed by atoms with E-state index in [9.17, 15) is 14.3 Å². The maximum absolute atomic E-state index is 14.2. The van der Waals surface area contributed by atoms with Crippen LogP contribution >= 0.6 is 23.2 Å². The zero-order valence-corrected chi connectivity index (χ0v) is 11.3. The lowest BCUT2D eigenvalue weighted by Gasteiger charge is -2.12. The summed E-state index contributed by atoms with van der Waals surface area (Å²) < 4.78 is 14.2. The Morgan fingerprint density at radius 2 is 1.89 bits per heavy atom. The van der Waals surface area contributed by atoms with Crippen LogP contribution in [0.15, 0.2) is 24.3 Å². The number of aromatic nitrogens is 1. The van der Waals surface area contributed by atoms with Crippen molar-refractivity contribution in [3.8, 4) is 11.1 Å². The molecule has 6 heteroatoms. The molecule has 0 radical (unpaired) electrons. The van der Waals surface area contributed by atoms with Crippen LogP contribution in [0, 0.1) is 12.7 Å². The summed E-state index contributed by atoms with van der Waals surface area (Å²) in [5.74, 6) is -2.25. The maximum atomic E-state index is 14.2. The fourth-order valence-corrected chi connectivity index (χ4v) is 2.29. The van der Waals surface area contributed by atoms with Crippen molar-refractivity contribution in [2.45, 2.75) is 6.92 Å². The zero-order chi connectivity index (χ0) is 14.2. The van der Waals surface area contributed by atoms with Gasteiger partial charge in [0.25, 0.3) is 0 Å². The molecular weight excluding hydrogens is 292 g/mol. The average Bonchev–Trinajstić information content (AvgIpc) is 2.34. The van der Waals surface area contributed by atoms with Gasteiger partial charge in [-0.25, -0.2) is 14.2 Å². The first-order valence-corrected chi connectivity index (χ1v) is 6.03. The van der Waals surface area contributed by atoms with Crippen LogP contribution in [-0.4, -0.2) is 16.1 Å². The number of pyridine rings is 1. The Morgan fingerprint density at radius 3 is 2.47 bits per heavy atom. The fourth-order valence-electron chi connectivity index (χ4n) is 1.81. The van der Waals surface area contributed by atoms with Crippen molar-refractivity contribution in [3.63, 3.8) is 0 Å². The molecule has 0 saturated heterocycles. The number of nitrogens with zero attached hydrogens (tertiary/aromatic N) is 1. The number of carboxylic acids is 1. The molecular formula is C13H8Cl2FNO2. The normalized spacial score (nSPS) is 10.5. The van der Waals surface area contributed by atoms with Crippen LogP contribution in [0.2, 0.25) is 10.3 Å².